The maximum Gasteiger partial charge on any atom is 0.126 e. The Hall–Kier alpha value is -0.980. The summed E-state index contributed by atoms with van der Waals surface area (Å²) in [5, 5.41) is 0. The van der Waals surface area contributed by atoms with Crippen LogP contribution in [0.2, 0.25) is 0 Å². The van der Waals surface area contributed by atoms with Crippen LogP contribution in [0.5, 0.6) is 5.75 Å². The number of benzene rings is 1. The molecule has 0 radical (unpaired) electrons. The first-order valence-electron chi connectivity index (χ1n) is 8.39. The molecule has 4 atom stereocenters. The summed E-state index contributed by atoms with van der Waals surface area (Å²) in [6.45, 7) is 10.0. The van der Waals surface area contributed by atoms with Gasteiger partial charge in [-0.1, -0.05) is 39.0 Å². The van der Waals surface area contributed by atoms with Crippen molar-refractivity contribution >= 4 is 0 Å². The van der Waals surface area contributed by atoms with Crippen molar-refractivity contribution < 1.29 is 4.74 Å². The minimum atomic E-state index is 0.637. The van der Waals surface area contributed by atoms with E-state index in [1.165, 1.54) is 36.1 Å². The fourth-order valence-corrected chi connectivity index (χ4v) is 3.73. The molecule has 20 heavy (non-hydrogen) atoms. The fraction of sp³-hybridized carbons (Fsp3) is 0.684. The van der Waals surface area contributed by atoms with Crippen LogP contribution >= 0.6 is 0 Å². The van der Waals surface area contributed by atoms with Gasteiger partial charge in [0.25, 0.3) is 0 Å². The standard InChI is InChI=1S/C19H28O/c1-5-20-19-16(13(3)15-9-10-15)7-6-8-17(19)14(4)18-11-12(18)2/h6-8,12-15,18H,5,9-11H2,1-4H3/t12-,13+,14+,18?/m1/s1. The second-order valence-electron chi connectivity index (χ2n) is 6.99. The van der Waals surface area contributed by atoms with Gasteiger partial charge in [-0.15, -0.1) is 0 Å². The van der Waals surface area contributed by atoms with Crippen molar-refractivity contribution in [3.05, 3.63) is 29.3 Å². The molecule has 2 aliphatic rings. The molecule has 0 heterocycles. The topological polar surface area (TPSA) is 9.23 Å². The van der Waals surface area contributed by atoms with Crippen LogP contribution < -0.4 is 4.74 Å². The largest absolute Gasteiger partial charge is 0.493 e. The highest BCUT2D eigenvalue weighted by Gasteiger charge is 2.39. The molecule has 2 aliphatic carbocycles. The minimum Gasteiger partial charge on any atom is -0.493 e. The molecule has 0 N–H and O–H groups in total. The molecule has 1 heteroatoms. The van der Waals surface area contributed by atoms with Crippen LogP contribution in [0.15, 0.2) is 18.2 Å². The summed E-state index contributed by atoms with van der Waals surface area (Å²) in [5.74, 6) is 5.14. The van der Waals surface area contributed by atoms with E-state index in [1.54, 1.807) is 0 Å². The van der Waals surface area contributed by atoms with Crippen molar-refractivity contribution in [2.24, 2.45) is 17.8 Å². The normalized spacial score (nSPS) is 28.0. The lowest BCUT2D eigenvalue weighted by molar-refractivity contribution is 0.326. The molecule has 0 aromatic heterocycles. The fourth-order valence-electron chi connectivity index (χ4n) is 3.73. The molecule has 1 aromatic carbocycles. The Morgan fingerprint density at radius 2 is 1.75 bits per heavy atom. The number of ether oxygens (including phenoxy) is 1. The Balaban J connectivity index is 1.93. The molecule has 0 spiro atoms. The van der Waals surface area contributed by atoms with Crippen molar-refractivity contribution in [3.63, 3.8) is 0 Å². The Morgan fingerprint density at radius 1 is 1.15 bits per heavy atom. The van der Waals surface area contributed by atoms with Crippen molar-refractivity contribution in [1.82, 2.24) is 0 Å². The lowest BCUT2D eigenvalue weighted by atomic mass is 9.88. The zero-order valence-corrected chi connectivity index (χ0v) is 13.4. The molecule has 1 aromatic rings. The van der Waals surface area contributed by atoms with E-state index in [1.807, 2.05) is 0 Å². The lowest BCUT2D eigenvalue weighted by Gasteiger charge is -2.22. The molecule has 1 unspecified atom stereocenters. The van der Waals surface area contributed by atoms with Gasteiger partial charge in [0.05, 0.1) is 6.61 Å². The molecule has 2 saturated carbocycles. The predicted octanol–water partition coefficient (Wildman–Crippen LogP) is 5.36. The first-order valence-corrected chi connectivity index (χ1v) is 8.39. The van der Waals surface area contributed by atoms with Gasteiger partial charge in [0.2, 0.25) is 0 Å². The summed E-state index contributed by atoms with van der Waals surface area (Å²) in [5.41, 5.74) is 2.90. The molecular formula is C19H28O. The highest BCUT2D eigenvalue weighted by Crippen LogP contribution is 2.52. The zero-order chi connectivity index (χ0) is 14.3. The smallest absolute Gasteiger partial charge is 0.126 e. The molecule has 0 bridgehead atoms. The van der Waals surface area contributed by atoms with Gasteiger partial charge in [-0.2, -0.15) is 0 Å². The minimum absolute atomic E-state index is 0.637. The van der Waals surface area contributed by atoms with Crippen LogP contribution in [0, 0.1) is 17.8 Å². The monoisotopic (exact) mass is 272 g/mol. The highest BCUT2D eigenvalue weighted by molar-refractivity contribution is 5.46. The van der Waals surface area contributed by atoms with Gasteiger partial charge < -0.3 is 4.74 Å². The van der Waals surface area contributed by atoms with Gasteiger partial charge in [0, 0.05) is 0 Å². The number of hydrogen-bond donors (Lipinski definition) is 0. The first kappa shape index (κ1) is 14.0. The SMILES string of the molecule is CCOc1c([C@@H](C)C2CC2)cccc1[C@H](C)C1C[C@H]1C. The van der Waals surface area contributed by atoms with Gasteiger partial charge >= 0.3 is 0 Å². The number of hydrogen-bond acceptors (Lipinski definition) is 1. The van der Waals surface area contributed by atoms with Crippen molar-refractivity contribution in [2.45, 2.75) is 58.8 Å². The predicted molar refractivity (Wildman–Crippen MR) is 84.4 cm³/mol. The summed E-state index contributed by atoms with van der Waals surface area (Å²) >= 11 is 0. The summed E-state index contributed by atoms with van der Waals surface area (Å²) in [6, 6.07) is 6.83. The van der Waals surface area contributed by atoms with Crippen LogP contribution in [0.3, 0.4) is 0 Å². The van der Waals surface area contributed by atoms with Crippen LogP contribution in [0.1, 0.15) is 69.9 Å². The van der Waals surface area contributed by atoms with Crippen LogP contribution in [0.4, 0.5) is 0 Å². The van der Waals surface area contributed by atoms with E-state index in [2.05, 4.69) is 45.9 Å². The van der Waals surface area contributed by atoms with Crippen LogP contribution in [0.25, 0.3) is 0 Å². The Morgan fingerprint density at radius 3 is 2.25 bits per heavy atom. The molecule has 3 rings (SSSR count). The van der Waals surface area contributed by atoms with Crippen molar-refractivity contribution in [3.8, 4) is 5.75 Å². The number of para-hydroxylation sites is 1. The van der Waals surface area contributed by atoms with Gasteiger partial charge in [0.1, 0.15) is 5.75 Å². The molecule has 0 saturated heterocycles. The average molecular weight is 272 g/mol. The summed E-state index contributed by atoms with van der Waals surface area (Å²) in [7, 11) is 0. The molecule has 2 fully saturated rings. The van der Waals surface area contributed by atoms with Crippen LogP contribution in [-0.2, 0) is 0 Å². The second-order valence-corrected chi connectivity index (χ2v) is 6.99. The van der Waals surface area contributed by atoms with Crippen molar-refractivity contribution in [1.29, 1.82) is 0 Å². The Kier molecular flexibility index (Phi) is 3.79. The van der Waals surface area contributed by atoms with E-state index in [0.29, 0.717) is 11.8 Å². The van der Waals surface area contributed by atoms with E-state index in [-0.39, 0.29) is 0 Å². The zero-order valence-electron chi connectivity index (χ0n) is 13.4. The van der Waals surface area contributed by atoms with E-state index < -0.39 is 0 Å². The molecule has 0 aliphatic heterocycles. The Bertz CT molecular complexity index is 475. The van der Waals surface area contributed by atoms with Gasteiger partial charge in [-0.05, 0) is 66.9 Å². The maximum atomic E-state index is 6.10. The van der Waals surface area contributed by atoms with Gasteiger partial charge in [-0.25, -0.2) is 0 Å². The van der Waals surface area contributed by atoms with E-state index >= 15 is 0 Å². The maximum absolute atomic E-state index is 6.10. The third-order valence-corrected chi connectivity index (χ3v) is 5.49. The number of rotatable bonds is 6. The summed E-state index contributed by atoms with van der Waals surface area (Å²) in [6.07, 6.45) is 4.17. The molecular weight excluding hydrogens is 244 g/mol. The summed E-state index contributed by atoms with van der Waals surface area (Å²) < 4.78 is 6.10. The molecule has 0 amide bonds. The van der Waals surface area contributed by atoms with Gasteiger partial charge in [0.15, 0.2) is 0 Å². The second kappa shape index (κ2) is 5.42. The Labute approximate surface area is 123 Å². The third kappa shape index (κ3) is 2.60. The summed E-state index contributed by atoms with van der Waals surface area (Å²) in [4.78, 5) is 0. The van der Waals surface area contributed by atoms with E-state index in [9.17, 15) is 0 Å². The quantitative estimate of drug-likeness (QED) is 0.677. The molecule has 110 valence electrons. The molecule has 1 nitrogen and oxygen atoms in total. The average Bonchev–Trinajstić information content (AvgIpc) is 3.33. The van der Waals surface area contributed by atoms with E-state index in [4.69, 9.17) is 4.74 Å². The lowest BCUT2D eigenvalue weighted by Crippen LogP contribution is -2.08. The van der Waals surface area contributed by atoms with Gasteiger partial charge in [-0.3, -0.25) is 0 Å². The van der Waals surface area contributed by atoms with Crippen molar-refractivity contribution in [2.75, 3.05) is 6.61 Å². The van der Waals surface area contributed by atoms with Crippen LogP contribution in [-0.4, -0.2) is 6.61 Å². The van der Waals surface area contributed by atoms with E-state index in [0.717, 1.165) is 24.4 Å². The highest BCUT2D eigenvalue weighted by atomic mass is 16.5. The third-order valence-electron chi connectivity index (χ3n) is 5.49. The first-order chi connectivity index (χ1) is 9.63.